The Morgan fingerprint density at radius 2 is 2.00 bits per heavy atom. The van der Waals surface area contributed by atoms with E-state index in [-0.39, 0.29) is 12.0 Å². The lowest BCUT2D eigenvalue weighted by molar-refractivity contribution is -0.142. The average molecular weight is 358 g/mol. The molecule has 6 nitrogen and oxygen atoms in total. The van der Waals surface area contributed by atoms with Gasteiger partial charge in [-0.1, -0.05) is 26.0 Å². The van der Waals surface area contributed by atoms with Crippen LogP contribution in [0.3, 0.4) is 0 Å². The van der Waals surface area contributed by atoms with E-state index in [0.29, 0.717) is 19.1 Å². The summed E-state index contributed by atoms with van der Waals surface area (Å²) in [5.74, 6) is 1.58. The second-order valence-electron chi connectivity index (χ2n) is 7.44. The highest BCUT2D eigenvalue weighted by molar-refractivity contribution is 5.80. The molecule has 1 saturated heterocycles. The molecule has 1 amide bonds. The number of hydrogen-bond donors (Lipinski definition) is 1. The van der Waals surface area contributed by atoms with Crippen LogP contribution in [0.5, 0.6) is 0 Å². The molecule has 1 unspecified atom stereocenters. The molecule has 1 aliphatic rings. The third-order valence-electron chi connectivity index (χ3n) is 4.89. The maximum Gasteiger partial charge on any atom is 0.251 e. The fourth-order valence-corrected chi connectivity index (χ4v) is 3.25. The maximum absolute atomic E-state index is 12.7. The van der Waals surface area contributed by atoms with E-state index >= 15 is 0 Å². The van der Waals surface area contributed by atoms with E-state index in [9.17, 15) is 4.79 Å². The first-order chi connectivity index (χ1) is 12.5. The topological polar surface area (TPSA) is 61.5 Å². The standard InChI is InChI=1S/C20H30N4O2/c1-15(2)9-14-26-16(3)19(25)23-10-6-11-24(13-12-23)20-21-17-7-4-5-8-18(17)22-20/h4-5,7-8,15-16H,6,9-14H2,1-3H3,(H,21,22). The molecule has 1 aliphatic heterocycles. The Hall–Kier alpha value is -2.08. The van der Waals surface area contributed by atoms with Crippen molar-refractivity contribution >= 4 is 22.9 Å². The average Bonchev–Trinajstić information content (AvgIpc) is 2.90. The number of hydrogen-bond acceptors (Lipinski definition) is 4. The number of H-pyrrole nitrogens is 1. The molecular weight excluding hydrogens is 328 g/mol. The van der Waals surface area contributed by atoms with Crippen LogP contribution in [0.15, 0.2) is 24.3 Å². The highest BCUT2D eigenvalue weighted by Gasteiger charge is 2.24. The number of amides is 1. The minimum absolute atomic E-state index is 0.0974. The normalized spacial score (nSPS) is 16.9. The van der Waals surface area contributed by atoms with Crippen molar-refractivity contribution in [3.63, 3.8) is 0 Å². The molecule has 1 aromatic heterocycles. The van der Waals surface area contributed by atoms with Gasteiger partial charge in [0.05, 0.1) is 11.0 Å². The van der Waals surface area contributed by atoms with Gasteiger partial charge in [0.25, 0.3) is 5.91 Å². The van der Waals surface area contributed by atoms with Crippen molar-refractivity contribution in [2.45, 2.75) is 39.7 Å². The second-order valence-corrected chi connectivity index (χ2v) is 7.44. The summed E-state index contributed by atoms with van der Waals surface area (Å²) in [5.41, 5.74) is 2.03. The first kappa shape index (κ1) is 18.7. The highest BCUT2D eigenvalue weighted by Crippen LogP contribution is 2.18. The molecule has 2 heterocycles. The highest BCUT2D eigenvalue weighted by atomic mass is 16.5. The van der Waals surface area contributed by atoms with E-state index < -0.39 is 0 Å². The number of ether oxygens (including phenoxy) is 1. The lowest BCUT2D eigenvalue weighted by Crippen LogP contribution is -2.41. The zero-order chi connectivity index (χ0) is 18.5. The van der Waals surface area contributed by atoms with Crippen molar-refractivity contribution < 1.29 is 9.53 Å². The first-order valence-electron chi connectivity index (χ1n) is 9.64. The van der Waals surface area contributed by atoms with Gasteiger partial charge in [0.2, 0.25) is 5.95 Å². The summed E-state index contributed by atoms with van der Waals surface area (Å²) in [5, 5.41) is 0. The summed E-state index contributed by atoms with van der Waals surface area (Å²) in [4.78, 5) is 24.9. The number of rotatable bonds is 6. The Bertz CT molecular complexity index is 694. The number of carbonyl (C=O) groups excluding carboxylic acids is 1. The number of para-hydroxylation sites is 2. The minimum atomic E-state index is -0.369. The van der Waals surface area contributed by atoms with Crippen LogP contribution in [0.1, 0.15) is 33.6 Å². The molecule has 1 aromatic carbocycles. The molecule has 0 bridgehead atoms. The molecule has 2 aromatic rings. The molecule has 26 heavy (non-hydrogen) atoms. The number of anilines is 1. The van der Waals surface area contributed by atoms with Crippen LogP contribution in [0.2, 0.25) is 0 Å². The summed E-state index contributed by atoms with van der Waals surface area (Å²) in [6.07, 6.45) is 1.55. The molecule has 1 N–H and O–H groups in total. The van der Waals surface area contributed by atoms with Crippen molar-refractivity contribution in [1.82, 2.24) is 14.9 Å². The van der Waals surface area contributed by atoms with E-state index in [2.05, 4.69) is 28.7 Å². The molecule has 0 radical (unpaired) electrons. The van der Waals surface area contributed by atoms with Crippen molar-refractivity contribution in [2.24, 2.45) is 5.92 Å². The van der Waals surface area contributed by atoms with Crippen molar-refractivity contribution in [1.29, 1.82) is 0 Å². The van der Waals surface area contributed by atoms with E-state index in [1.165, 1.54) is 0 Å². The Balaban J connectivity index is 1.56. The molecule has 142 valence electrons. The quantitative estimate of drug-likeness (QED) is 0.862. The number of aromatic amines is 1. The minimum Gasteiger partial charge on any atom is -0.369 e. The van der Waals surface area contributed by atoms with Crippen molar-refractivity contribution in [3.8, 4) is 0 Å². The van der Waals surface area contributed by atoms with Crippen LogP contribution in [0, 0.1) is 5.92 Å². The predicted octanol–water partition coefficient (Wildman–Crippen LogP) is 3.05. The Morgan fingerprint density at radius 3 is 2.77 bits per heavy atom. The lowest BCUT2D eigenvalue weighted by Gasteiger charge is -2.25. The number of fused-ring (bicyclic) bond motifs is 1. The van der Waals surface area contributed by atoms with Crippen molar-refractivity contribution in [3.05, 3.63) is 24.3 Å². The van der Waals surface area contributed by atoms with E-state index in [4.69, 9.17) is 4.74 Å². The van der Waals surface area contributed by atoms with Gasteiger partial charge in [0, 0.05) is 32.8 Å². The van der Waals surface area contributed by atoms with Crippen LogP contribution in [0.4, 0.5) is 5.95 Å². The van der Waals surface area contributed by atoms with Crippen LogP contribution < -0.4 is 4.90 Å². The SMILES string of the molecule is CC(C)CCOC(C)C(=O)N1CCCN(c2nc3ccccc3[nH]2)CC1. The van der Waals surface area contributed by atoms with Gasteiger partial charge in [0.15, 0.2) is 0 Å². The number of nitrogens with one attached hydrogen (secondary N) is 1. The van der Waals surface area contributed by atoms with Gasteiger partial charge in [-0.2, -0.15) is 0 Å². The van der Waals surface area contributed by atoms with Gasteiger partial charge in [-0.25, -0.2) is 4.98 Å². The van der Waals surface area contributed by atoms with E-state index in [0.717, 1.165) is 49.5 Å². The fourth-order valence-electron chi connectivity index (χ4n) is 3.25. The van der Waals surface area contributed by atoms with E-state index in [1.807, 2.05) is 36.1 Å². The Morgan fingerprint density at radius 1 is 1.19 bits per heavy atom. The zero-order valence-corrected chi connectivity index (χ0v) is 16.1. The van der Waals surface area contributed by atoms with Crippen LogP contribution >= 0.6 is 0 Å². The molecule has 0 saturated carbocycles. The Labute approximate surface area is 155 Å². The van der Waals surface area contributed by atoms with Gasteiger partial charge in [-0.15, -0.1) is 0 Å². The molecule has 6 heteroatoms. The van der Waals surface area contributed by atoms with Crippen molar-refractivity contribution in [2.75, 3.05) is 37.7 Å². The zero-order valence-electron chi connectivity index (χ0n) is 16.1. The largest absolute Gasteiger partial charge is 0.369 e. The Kier molecular flexibility index (Phi) is 6.14. The van der Waals surface area contributed by atoms with E-state index in [1.54, 1.807) is 0 Å². The number of benzene rings is 1. The molecule has 1 atom stereocenters. The number of carbonyl (C=O) groups is 1. The van der Waals surface area contributed by atoms with Gasteiger partial charge in [-0.3, -0.25) is 4.79 Å². The second kappa shape index (κ2) is 8.54. The third kappa shape index (κ3) is 4.55. The summed E-state index contributed by atoms with van der Waals surface area (Å²) in [7, 11) is 0. The predicted molar refractivity (Wildman–Crippen MR) is 104 cm³/mol. The summed E-state index contributed by atoms with van der Waals surface area (Å²) >= 11 is 0. The van der Waals surface area contributed by atoms with Gasteiger partial charge in [-0.05, 0) is 37.8 Å². The molecule has 1 fully saturated rings. The third-order valence-corrected chi connectivity index (χ3v) is 4.89. The monoisotopic (exact) mass is 358 g/mol. The summed E-state index contributed by atoms with van der Waals surface area (Å²) < 4.78 is 5.74. The molecule has 0 spiro atoms. The van der Waals surface area contributed by atoms with Crippen LogP contribution in [-0.4, -0.2) is 59.7 Å². The number of aromatic nitrogens is 2. The van der Waals surface area contributed by atoms with Gasteiger partial charge in [0.1, 0.15) is 6.10 Å². The van der Waals surface area contributed by atoms with Gasteiger partial charge < -0.3 is 19.5 Å². The fraction of sp³-hybridized carbons (Fsp3) is 0.600. The molecule has 0 aliphatic carbocycles. The summed E-state index contributed by atoms with van der Waals surface area (Å²) in [6.45, 7) is 9.99. The lowest BCUT2D eigenvalue weighted by atomic mass is 10.1. The first-order valence-corrected chi connectivity index (χ1v) is 9.64. The van der Waals surface area contributed by atoms with Gasteiger partial charge >= 0.3 is 0 Å². The summed E-state index contributed by atoms with van der Waals surface area (Å²) in [6, 6.07) is 8.05. The number of imidazole rings is 1. The maximum atomic E-state index is 12.7. The molecule has 3 rings (SSSR count). The number of nitrogens with zero attached hydrogens (tertiary/aromatic N) is 3. The molecular formula is C20H30N4O2. The smallest absolute Gasteiger partial charge is 0.251 e. The van der Waals surface area contributed by atoms with Crippen LogP contribution in [-0.2, 0) is 9.53 Å². The van der Waals surface area contributed by atoms with Crippen LogP contribution in [0.25, 0.3) is 11.0 Å².